The lowest BCUT2D eigenvalue weighted by molar-refractivity contribution is -0.128. The highest BCUT2D eigenvalue weighted by Gasteiger charge is 2.34. The van der Waals surface area contributed by atoms with Gasteiger partial charge in [-0.1, -0.05) is 20.8 Å². The summed E-state index contributed by atoms with van der Waals surface area (Å²) in [6.45, 7) is 6.66. The zero-order chi connectivity index (χ0) is 10.1. The van der Waals surface area contributed by atoms with E-state index in [2.05, 4.69) is 20.8 Å². The molecule has 0 saturated heterocycles. The molecule has 1 rings (SSSR count). The van der Waals surface area contributed by atoms with Crippen LogP contribution in [-0.4, -0.2) is 17.5 Å². The summed E-state index contributed by atoms with van der Waals surface area (Å²) in [4.78, 5) is 11.3. The van der Waals surface area contributed by atoms with Crippen molar-refractivity contribution in [3.05, 3.63) is 0 Å². The maximum atomic E-state index is 11.3. The summed E-state index contributed by atoms with van der Waals surface area (Å²) < 4.78 is 0. The van der Waals surface area contributed by atoms with Crippen LogP contribution in [0.5, 0.6) is 0 Å². The second kappa shape index (κ2) is 3.79. The van der Waals surface area contributed by atoms with Gasteiger partial charge in [0.2, 0.25) is 0 Å². The monoisotopic (exact) mass is 184 g/mol. The van der Waals surface area contributed by atoms with Gasteiger partial charge in [-0.2, -0.15) is 0 Å². The molecule has 76 valence electrons. The minimum absolute atomic E-state index is 0.0331. The molecule has 0 unspecified atom stereocenters. The average Bonchev–Trinajstić information content (AvgIpc) is 2.03. The van der Waals surface area contributed by atoms with Gasteiger partial charge in [0.1, 0.15) is 5.78 Å². The fourth-order valence-electron chi connectivity index (χ4n) is 2.08. The molecule has 0 aromatic rings. The van der Waals surface area contributed by atoms with Crippen LogP contribution >= 0.6 is 0 Å². The van der Waals surface area contributed by atoms with E-state index in [0.29, 0.717) is 12.3 Å². The zero-order valence-electron chi connectivity index (χ0n) is 8.84. The number of hydrogen-bond donors (Lipinski definition) is 1. The number of aliphatic hydroxyl groups is 1. The molecule has 1 saturated carbocycles. The predicted octanol–water partition coefficient (Wildman–Crippen LogP) is 2.01. The molecule has 1 aliphatic carbocycles. The van der Waals surface area contributed by atoms with Crippen molar-refractivity contribution in [1.29, 1.82) is 0 Å². The van der Waals surface area contributed by atoms with Crippen LogP contribution in [0.4, 0.5) is 0 Å². The van der Waals surface area contributed by atoms with Crippen LogP contribution in [0.2, 0.25) is 0 Å². The van der Waals surface area contributed by atoms with Crippen molar-refractivity contribution < 1.29 is 9.90 Å². The summed E-state index contributed by atoms with van der Waals surface area (Å²) in [5.41, 5.74) is 0.272. The summed E-state index contributed by atoms with van der Waals surface area (Å²) in [6, 6.07) is 0. The highest BCUT2D eigenvalue weighted by atomic mass is 16.3. The lowest BCUT2D eigenvalue weighted by Crippen LogP contribution is -2.33. The van der Waals surface area contributed by atoms with E-state index in [1.165, 1.54) is 0 Å². The Labute approximate surface area is 80.3 Å². The normalized spacial score (nSPS) is 30.6. The second-order valence-corrected chi connectivity index (χ2v) is 5.18. The van der Waals surface area contributed by atoms with Gasteiger partial charge in [0.05, 0.1) is 6.61 Å². The Kier molecular flexibility index (Phi) is 3.12. The molecule has 0 bridgehead atoms. The van der Waals surface area contributed by atoms with Crippen LogP contribution in [0.3, 0.4) is 0 Å². The van der Waals surface area contributed by atoms with E-state index >= 15 is 0 Å². The van der Waals surface area contributed by atoms with Crippen molar-refractivity contribution in [2.75, 3.05) is 6.61 Å². The standard InChI is InChI=1S/C11H20O2/c1-11(2,3)9-4-5-10(13)8(6-9)7-12/h8-9,12H,4-7H2,1-3H3/t8-,9-/m1/s1. The van der Waals surface area contributed by atoms with Crippen LogP contribution in [0, 0.1) is 17.3 Å². The van der Waals surface area contributed by atoms with Gasteiger partial charge in [0.25, 0.3) is 0 Å². The van der Waals surface area contributed by atoms with Crippen molar-refractivity contribution in [2.45, 2.75) is 40.0 Å². The molecular weight excluding hydrogens is 164 g/mol. The fourth-order valence-corrected chi connectivity index (χ4v) is 2.08. The van der Waals surface area contributed by atoms with Crippen molar-refractivity contribution in [2.24, 2.45) is 17.3 Å². The van der Waals surface area contributed by atoms with Gasteiger partial charge in [-0.3, -0.25) is 4.79 Å². The summed E-state index contributed by atoms with van der Waals surface area (Å²) in [7, 11) is 0. The third kappa shape index (κ3) is 2.53. The Morgan fingerprint density at radius 1 is 1.46 bits per heavy atom. The molecular formula is C11H20O2. The van der Waals surface area contributed by atoms with E-state index in [1.807, 2.05) is 0 Å². The fraction of sp³-hybridized carbons (Fsp3) is 0.909. The van der Waals surface area contributed by atoms with E-state index < -0.39 is 0 Å². The maximum absolute atomic E-state index is 11.3. The van der Waals surface area contributed by atoms with Crippen molar-refractivity contribution in [3.63, 3.8) is 0 Å². The maximum Gasteiger partial charge on any atom is 0.138 e. The summed E-state index contributed by atoms with van der Waals surface area (Å²) >= 11 is 0. The van der Waals surface area contributed by atoms with Crippen LogP contribution in [0.15, 0.2) is 0 Å². The highest BCUT2D eigenvalue weighted by molar-refractivity contribution is 5.81. The van der Waals surface area contributed by atoms with E-state index in [0.717, 1.165) is 12.8 Å². The lowest BCUT2D eigenvalue weighted by atomic mass is 9.69. The molecule has 0 aliphatic heterocycles. The Balaban J connectivity index is 2.60. The molecule has 0 radical (unpaired) electrons. The first-order valence-electron chi connectivity index (χ1n) is 5.08. The van der Waals surface area contributed by atoms with Crippen molar-refractivity contribution >= 4 is 5.78 Å². The third-order valence-corrected chi connectivity index (χ3v) is 3.21. The predicted molar refractivity (Wildman–Crippen MR) is 52.4 cm³/mol. The molecule has 2 heteroatoms. The summed E-state index contributed by atoms with van der Waals surface area (Å²) in [5, 5.41) is 9.02. The smallest absolute Gasteiger partial charge is 0.138 e. The van der Waals surface area contributed by atoms with Gasteiger partial charge in [-0.15, -0.1) is 0 Å². The summed E-state index contributed by atoms with van der Waals surface area (Å²) in [6.07, 6.45) is 2.53. The minimum atomic E-state index is -0.0852. The van der Waals surface area contributed by atoms with E-state index in [1.54, 1.807) is 0 Å². The first-order valence-corrected chi connectivity index (χ1v) is 5.08. The van der Waals surface area contributed by atoms with Gasteiger partial charge in [-0.25, -0.2) is 0 Å². The van der Waals surface area contributed by atoms with Crippen LogP contribution in [-0.2, 0) is 4.79 Å². The van der Waals surface area contributed by atoms with Gasteiger partial charge in [0.15, 0.2) is 0 Å². The average molecular weight is 184 g/mol. The summed E-state index contributed by atoms with van der Waals surface area (Å²) in [5.74, 6) is 0.753. The molecule has 13 heavy (non-hydrogen) atoms. The van der Waals surface area contributed by atoms with Crippen molar-refractivity contribution in [3.8, 4) is 0 Å². The first-order chi connectivity index (χ1) is 5.95. The highest BCUT2D eigenvalue weighted by Crippen LogP contribution is 2.38. The lowest BCUT2D eigenvalue weighted by Gasteiger charge is -2.36. The number of aliphatic hydroxyl groups excluding tert-OH is 1. The SMILES string of the molecule is CC(C)(C)[C@@H]1CCC(=O)[C@@H](CO)C1. The molecule has 2 nitrogen and oxygen atoms in total. The van der Waals surface area contributed by atoms with E-state index in [-0.39, 0.29) is 23.7 Å². The second-order valence-electron chi connectivity index (χ2n) is 5.18. The molecule has 1 N–H and O–H groups in total. The van der Waals surface area contributed by atoms with Gasteiger partial charge in [-0.05, 0) is 24.2 Å². The molecule has 0 aromatic carbocycles. The number of Topliss-reactive ketones (excluding diaryl/α,β-unsaturated/α-hetero) is 1. The first kappa shape index (κ1) is 10.7. The van der Waals surface area contributed by atoms with Gasteiger partial charge < -0.3 is 5.11 Å². The Morgan fingerprint density at radius 3 is 2.54 bits per heavy atom. The van der Waals surface area contributed by atoms with Gasteiger partial charge >= 0.3 is 0 Å². The number of carbonyl (C=O) groups is 1. The minimum Gasteiger partial charge on any atom is -0.396 e. The number of carbonyl (C=O) groups excluding carboxylic acids is 1. The molecule has 0 amide bonds. The topological polar surface area (TPSA) is 37.3 Å². The van der Waals surface area contributed by atoms with E-state index in [4.69, 9.17) is 5.11 Å². The zero-order valence-corrected chi connectivity index (χ0v) is 8.84. The van der Waals surface area contributed by atoms with Crippen LogP contribution < -0.4 is 0 Å². The van der Waals surface area contributed by atoms with E-state index in [9.17, 15) is 4.79 Å². The number of hydrogen-bond acceptors (Lipinski definition) is 2. The molecule has 1 aliphatic rings. The quantitative estimate of drug-likeness (QED) is 0.677. The molecule has 0 aromatic heterocycles. The Morgan fingerprint density at radius 2 is 2.08 bits per heavy atom. The largest absolute Gasteiger partial charge is 0.396 e. The molecule has 2 atom stereocenters. The van der Waals surface area contributed by atoms with Crippen LogP contribution in [0.1, 0.15) is 40.0 Å². The van der Waals surface area contributed by atoms with Crippen molar-refractivity contribution in [1.82, 2.24) is 0 Å². The number of ketones is 1. The van der Waals surface area contributed by atoms with Crippen LogP contribution in [0.25, 0.3) is 0 Å². The molecule has 0 heterocycles. The molecule has 1 fully saturated rings. The molecule has 0 spiro atoms. The Bertz CT molecular complexity index is 191. The Hall–Kier alpha value is -0.370. The number of rotatable bonds is 1. The third-order valence-electron chi connectivity index (χ3n) is 3.21. The van der Waals surface area contributed by atoms with Gasteiger partial charge in [0, 0.05) is 12.3 Å².